The van der Waals surface area contributed by atoms with Gasteiger partial charge in [-0.05, 0) is 13.0 Å². The fraction of sp³-hybridized carbons (Fsp3) is 0.308. The van der Waals surface area contributed by atoms with Crippen LogP contribution in [-0.2, 0) is 19.5 Å². The average molecular weight is 527 g/mol. The number of urea groups is 1. The third-order valence-corrected chi connectivity index (χ3v) is 6.11. The van der Waals surface area contributed by atoms with Crippen molar-refractivity contribution in [3.63, 3.8) is 0 Å². The van der Waals surface area contributed by atoms with Gasteiger partial charge >= 0.3 is 6.03 Å². The monoisotopic (exact) mass is 526 g/mol. The van der Waals surface area contributed by atoms with Crippen LogP contribution in [0.5, 0.6) is 11.5 Å². The van der Waals surface area contributed by atoms with Crippen LogP contribution >= 0.6 is 0 Å². The molecule has 1 aromatic carbocycles. The summed E-state index contributed by atoms with van der Waals surface area (Å²) in [5.41, 5.74) is 2.09. The van der Waals surface area contributed by atoms with Crippen LogP contribution in [-0.4, -0.2) is 43.2 Å². The zero-order valence-electron chi connectivity index (χ0n) is 21.7. The van der Waals surface area contributed by atoms with Crippen LogP contribution in [0.3, 0.4) is 0 Å². The summed E-state index contributed by atoms with van der Waals surface area (Å²) in [4.78, 5) is 20.7. The van der Waals surface area contributed by atoms with E-state index in [1.165, 1.54) is 25.3 Å². The predicted octanol–water partition coefficient (Wildman–Crippen LogP) is 4.67. The van der Waals surface area contributed by atoms with Crippen molar-refractivity contribution in [1.29, 1.82) is 5.41 Å². The number of aryl methyl sites for hydroxylation is 1. The van der Waals surface area contributed by atoms with Crippen LogP contribution < -0.4 is 24.6 Å². The van der Waals surface area contributed by atoms with Crippen LogP contribution in [0.2, 0.25) is 0 Å². The minimum atomic E-state index is -1.04. The molecule has 2 amide bonds. The van der Waals surface area contributed by atoms with E-state index in [0.29, 0.717) is 40.4 Å². The standard InChI is InChI=1S/C26H28F2N6O4/c1-6-17-7-16(32-38-17)13-33-20-8-19(18(11-30-3)14(2)29)31-10-15(20)12-34(26(33)35)25-23(27)21(36-4)9-22(37-5)24(25)28/h7-11,29-30H,6,12-13H2,1-5H3/b18-11+,29-14?. The number of carbonyl (C=O) groups excluding carboxylic acids is 1. The van der Waals surface area contributed by atoms with Gasteiger partial charge in [-0.15, -0.1) is 0 Å². The number of amides is 2. The van der Waals surface area contributed by atoms with Gasteiger partial charge in [0.05, 0.1) is 38.7 Å². The van der Waals surface area contributed by atoms with Crippen LogP contribution in [0.4, 0.5) is 25.0 Å². The van der Waals surface area contributed by atoms with Gasteiger partial charge < -0.3 is 24.7 Å². The average Bonchev–Trinajstić information content (AvgIpc) is 3.37. The second-order valence-corrected chi connectivity index (χ2v) is 8.52. The van der Waals surface area contributed by atoms with E-state index >= 15 is 8.78 Å². The fourth-order valence-electron chi connectivity index (χ4n) is 4.19. The van der Waals surface area contributed by atoms with Crippen LogP contribution in [0, 0.1) is 17.0 Å². The number of allylic oxidation sites excluding steroid dienone is 1. The summed E-state index contributed by atoms with van der Waals surface area (Å²) in [6.45, 7) is 3.32. The summed E-state index contributed by atoms with van der Waals surface area (Å²) < 4.78 is 46.3. The number of pyridine rings is 1. The molecule has 3 aromatic rings. The summed E-state index contributed by atoms with van der Waals surface area (Å²) in [6.07, 6.45) is 3.77. The molecule has 0 atom stereocenters. The third-order valence-electron chi connectivity index (χ3n) is 6.11. The number of nitrogens with zero attached hydrogens (tertiary/aromatic N) is 4. The van der Waals surface area contributed by atoms with E-state index < -0.39 is 23.4 Å². The second-order valence-electron chi connectivity index (χ2n) is 8.52. The highest BCUT2D eigenvalue weighted by Gasteiger charge is 2.37. The number of carbonyl (C=O) groups is 1. The topological polar surface area (TPSA) is 117 Å². The predicted molar refractivity (Wildman–Crippen MR) is 138 cm³/mol. The van der Waals surface area contributed by atoms with Crippen molar-refractivity contribution in [2.75, 3.05) is 31.1 Å². The molecule has 0 saturated carbocycles. The first kappa shape index (κ1) is 26.6. The molecule has 1 aliphatic heterocycles. The number of rotatable bonds is 9. The van der Waals surface area contributed by atoms with Gasteiger partial charge in [0.1, 0.15) is 17.1 Å². The molecule has 0 unspecified atom stereocenters. The lowest BCUT2D eigenvalue weighted by atomic mass is 10.0. The van der Waals surface area contributed by atoms with Crippen molar-refractivity contribution < 1.29 is 27.6 Å². The number of hydrogen-bond donors (Lipinski definition) is 2. The molecular weight excluding hydrogens is 498 g/mol. The zero-order chi connectivity index (χ0) is 27.6. The minimum absolute atomic E-state index is 0.0335. The third kappa shape index (κ3) is 4.76. The Balaban J connectivity index is 1.89. The van der Waals surface area contributed by atoms with Crippen molar-refractivity contribution in [3.8, 4) is 11.5 Å². The van der Waals surface area contributed by atoms with Crippen LogP contribution in [0.1, 0.15) is 36.6 Å². The molecule has 0 saturated heterocycles. The molecule has 2 N–H and O–H groups in total. The quantitative estimate of drug-likeness (QED) is 0.389. The Morgan fingerprint density at radius 2 is 1.89 bits per heavy atom. The number of halogens is 2. The van der Waals surface area contributed by atoms with E-state index in [9.17, 15) is 4.79 Å². The van der Waals surface area contributed by atoms with E-state index in [0.717, 1.165) is 11.0 Å². The Hall–Kier alpha value is -4.48. The van der Waals surface area contributed by atoms with E-state index in [-0.39, 0.29) is 30.3 Å². The number of ether oxygens (including phenoxy) is 2. The maximum Gasteiger partial charge on any atom is 0.329 e. The summed E-state index contributed by atoms with van der Waals surface area (Å²) in [5.74, 6) is -2.00. The first-order chi connectivity index (χ1) is 18.2. The lowest BCUT2D eigenvalue weighted by molar-refractivity contribution is 0.249. The molecule has 2 aromatic heterocycles. The molecule has 3 heterocycles. The van der Waals surface area contributed by atoms with Gasteiger partial charge in [0.2, 0.25) is 0 Å². The summed E-state index contributed by atoms with van der Waals surface area (Å²) >= 11 is 0. The number of aromatic nitrogens is 2. The number of benzene rings is 1. The van der Waals surface area contributed by atoms with Crippen LogP contribution in [0.15, 0.2) is 35.1 Å². The Bertz CT molecular complexity index is 1390. The summed E-state index contributed by atoms with van der Waals surface area (Å²) in [7, 11) is 4.18. The van der Waals surface area contributed by atoms with Gasteiger partial charge in [-0.3, -0.25) is 14.8 Å². The normalized spacial score (nSPS) is 13.4. The smallest absolute Gasteiger partial charge is 0.329 e. The summed E-state index contributed by atoms with van der Waals surface area (Å²) in [5, 5.41) is 15.1. The van der Waals surface area contributed by atoms with Gasteiger partial charge in [-0.2, -0.15) is 0 Å². The number of fused-ring (bicyclic) bond motifs is 1. The molecular formula is C26H28F2N6O4. The maximum absolute atomic E-state index is 15.4. The number of hydrogen-bond acceptors (Lipinski definition) is 8. The Labute approximate surface area is 218 Å². The van der Waals surface area contributed by atoms with Crippen molar-refractivity contribution in [1.82, 2.24) is 15.5 Å². The van der Waals surface area contributed by atoms with Crippen molar-refractivity contribution in [2.24, 2.45) is 0 Å². The largest absolute Gasteiger partial charge is 0.493 e. The minimum Gasteiger partial charge on any atom is -0.493 e. The summed E-state index contributed by atoms with van der Waals surface area (Å²) in [6, 6.07) is 3.78. The zero-order valence-corrected chi connectivity index (χ0v) is 21.7. The lowest BCUT2D eigenvalue weighted by Gasteiger charge is -2.37. The van der Waals surface area contributed by atoms with E-state index in [1.807, 2.05) is 6.92 Å². The van der Waals surface area contributed by atoms with Crippen molar-refractivity contribution >= 4 is 28.7 Å². The maximum atomic E-state index is 15.4. The highest BCUT2D eigenvalue weighted by molar-refractivity contribution is 6.20. The van der Waals surface area contributed by atoms with Gasteiger partial charge in [-0.25, -0.2) is 13.6 Å². The number of nitrogens with one attached hydrogen (secondary N) is 2. The second kappa shape index (κ2) is 10.9. The molecule has 4 rings (SSSR count). The van der Waals surface area contributed by atoms with Gasteiger partial charge in [0, 0.05) is 54.8 Å². The van der Waals surface area contributed by atoms with Gasteiger partial charge in [-0.1, -0.05) is 12.1 Å². The van der Waals surface area contributed by atoms with E-state index in [4.69, 9.17) is 19.4 Å². The molecule has 12 heteroatoms. The molecule has 1 aliphatic rings. The lowest BCUT2D eigenvalue weighted by Crippen LogP contribution is -2.48. The Morgan fingerprint density at radius 3 is 2.45 bits per heavy atom. The van der Waals surface area contributed by atoms with Gasteiger partial charge in [0.15, 0.2) is 23.1 Å². The Kier molecular flexibility index (Phi) is 7.60. The number of anilines is 2. The molecule has 38 heavy (non-hydrogen) atoms. The molecule has 0 spiro atoms. The molecule has 0 fully saturated rings. The van der Waals surface area contributed by atoms with E-state index in [1.54, 1.807) is 32.3 Å². The van der Waals surface area contributed by atoms with Crippen molar-refractivity contribution in [3.05, 3.63) is 64.9 Å². The first-order valence-corrected chi connectivity index (χ1v) is 11.8. The van der Waals surface area contributed by atoms with Crippen molar-refractivity contribution in [2.45, 2.75) is 33.4 Å². The molecule has 0 aliphatic carbocycles. The van der Waals surface area contributed by atoms with Gasteiger partial charge in [0.25, 0.3) is 0 Å². The molecule has 0 bridgehead atoms. The molecule has 10 nitrogen and oxygen atoms in total. The highest BCUT2D eigenvalue weighted by Crippen LogP contribution is 2.41. The van der Waals surface area contributed by atoms with Crippen LogP contribution in [0.25, 0.3) is 5.57 Å². The van der Waals surface area contributed by atoms with E-state index in [2.05, 4.69) is 15.5 Å². The molecule has 0 radical (unpaired) electrons. The fourth-order valence-corrected chi connectivity index (χ4v) is 4.19. The molecule has 200 valence electrons. The first-order valence-electron chi connectivity index (χ1n) is 11.8. The number of methoxy groups -OCH3 is 2. The SMILES string of the molecule is CCc1cc(CN2C(=O)N(c3c(F)c(OC)cc(OC)c3F)Cc3cnc(/C(=C/NC)C(C)=N)cc32)no1. The highest BCUT2D eigenvalue weighted by atomic mass is 19.1. The Morgan fingerprint density at radius 1 is 1.21 bits per heavy atom.